The van der Waals surface area contributed by atoms with Crippen molar-refractivity contribution in [2.24, 2.45) is 0 Å². The fourth-order valence-electron chi connectivity index (χ4n) is 2.27. The first-order chi connectivity index (χ1) is 12.7. The molecule has 0 amide bonds. The van der Waals surface area contributed by atoms with Crippen LogP contribution in [0.4, 0.5) is 0 Å². The van der Waals surface area contributed by atoms with E-state index in [1.807, 2.05) is 66.5 Å². The third kappa shape index (κ3) is 6.56. The third-order valence-electron chi connectivity index (χ3n) is 3.63. The van der Waals surface area contributed by atoms with Crippen molar-refractivity contribution in [3.8, 4) is 18.1 Å². The third-order valence-corrected chi connectivity index (χ3v) is 3.63. The Kier molecular flexibility index (Phi) is 8.14. The highest BCUT2D eigenvalue weighted by Gasteiger charge is 1.99. The molecule has 1 aromatic heterocycles. The average Bonchev–Trinajstić information content (AvgIpc) is 2.68. The van der Waals surface area contributed by atoms with Crippen molar-refractivity contribution >= 4 is 10.9 Å². The van der Waals surface area contributed by atoms with E-state index in [9.17, 15) is 0 Å². The van der Waals surface area contributed by atoms with Gasteiger partial charge in [-0.3, -0.25) is 4.90 Å². The number of terminal acetylenes is 1. The number of pyridine rings is 1. The minimum Gasteiger partial charge on any atom is -0.487 e. The molecule has 4 nitrogen and oxygen atoms in total. The molecule has 0 aliphatic carbocycles. The Labute approximate surface area is 155 Å². The second kappa shape index (κ2) is 10.9. The quantitative estimate of drug-likeness (QED) is 0.694. The molecule has 0 fully saturated rings. The van der Waals surface area contributed by atoms with E-state index in [1.165, 1.54) is 0 Å². The Balaban J connectivity index is 0.000000260. The SMILES string of the molecule is C#CCN(C)CCO.c1ccc(OCc2ccc3ccccc3n2)cc1. The summed E-state index contributed by atoms with van der Waals surface area (Å²) in [4.78, 5) is 6.44. The van der Waals surface area contributed by atoms with Gasteiger partial charge in [0.05, 0.1) is 24.4 Å². The zero-order valence-corrected chi connectivity index (χ0v) is 15.0. The number of nitrogens with zero attached hydrogens (tertiary/aromatic N) is 2. The number of aliphatic hydroxyl groups excluding tert-OH is 1. The van der Waals surface area contributed by atoms with Crippen molar-refractivity contribution in [1.29, 1.82) is 0 Å². The molecule has 26 heavy (non-hydrogen) atoms. The van der Waals surface area contributed by atoms with Gasteiger partial charge in [0, 0.05) is 11.9 Å². The van der Waals surface area contributed by atoms with Crippen LogP contribution in [0.5, 0.6) is 5.75 Å². The lowest BCUT2D eigenvalue weighted by Gasteiger charge is -2.08. The maximum atomic E-state index is 8.35. The van der Waals surface area contributed by atoms with Gasteiger partial charge in [0.2, 0.25) is 0 Å². The van der Waals surface area contributed by atoms with Gasteiger partial charge in [0.15, 0.2) is 0 Å². The van der Waals surface area contributed by atoms with Crippen LogP contribution in [0.15, 0.2) is 66.7 Å². The molecule has 3 aromatic rings. The van der Waals surface area contributed by atoms with E-state index >= 15 is 0 Å². The van der Waals surface area contributed by atoms with Gasteiger partial charge >= 0.3 is 0 Å². The van der Waals surface area contributed by atoms with Crippen molar-refractivity contribution in [3.63, 3.8) is 0 Å². The van der Waals surface area contributed by atoms with Gasteiger partial charge in [-0.1, -0.05) is 48.4 Å². The molecule has 0 bridgehead atoms. The molecule has 0 unspecified atom stereocenters. The average molecular weight is 348 g/mol. The number of hydrogen-bond acceptors (Lipinski definition) is 4. The number of fused-ring (bicyclic) bond motifs is 1. The smallest absolute Gasteiger partial charge is 0.130 e. The highest BCUT2D eigenvalue weighted by atomic mass is 16.5. The van der Waals surface area contributed by atoms with Crippen LogP contribution in [0.1, 0.15) is 5.69 Å². The second-order valence-electron chi connectivity index (χ2n) is 5.76. The van der Waals surface area contributed by atoms with Gasteiger partial charge in [-0.15, -0.1) is 6.42 Å². The standard InChI is InChI=1S/C16H13NO.C6H11NO/c1-2-7-15(8-3-1)18-12-14-11-10-13-6-4-5-9-16(13)17-14;1-3-4-7(2)5-6-8/h1-11H,12H2;1,8H,4-6H2,2H3. The molecule has 134 valence electrons. The summed E-state index contributed by atoms with van der Waals surface area (Å²) in [6.07, 6.45) is 4.99. The Hall–Kier alpha value is -2.87. The maximum absolute atomic E-state index is 8.35. The Morgan fingerprint density at radius 1 is 1.04 bits per heavy atom. The number of likely N-dealkylation sites (N-methyl/N-ethyl adjacent to an activating group) is 1. The van der Waals surface area contributed by atoms with Gasteiger partial charge < -0.3 is 9.84 Å². The summed E-state index contributed by atoms with van der Waals surface area (Å²) < 4.78 is 5.68. The summed E-state index contributed by atoms with van der Waals surface area (Å²) >= 11 is 0. The number of rotatable bonds is 6. The van der Waals surface area contributed by atoms with Crippen LogP contribution in [0.3, 0.4) is 0 Å². The zero-order chi connectivity index (χ0) is 18.6. The highest BCUT2D eigenvalue weighted by Crippen LogP contribution is 2.14. The number of aromatic nitrogens is 1. The lowest BCUT2D eigenvalue weighted by atomic mass is 10.2. The van der Waals surface area contributed by atoms with Gasteiger partial charge in [-0.25, -0.2) is 4.98 Å². The molecule has 4 heteroatoms. The van der Waals surface area contributed by atoms with Crippen LogP contribution in [0, 0.1) is 12.3 Å². The van der Waals surface area contributed by atoms with Crippen LogP contribution < -0.4 is 4.74 Å². The van der Waals surface area contributed by atoms with Crippen molar-refractivity contribution in [2.75, 3.05) is 26.7 Å². The van der Waals surface area contributed by atoms with Gasteiger partial charge in [-0.2, -0.15) is 0 Å². The summed E-state index contributed by atoms with van der Waals surface area (Å²) in [5.74, 6) is 3.34. The molecule has 0 spiro atoms. The van der Waals surface area contributed by atoms with Crippen molar-refractivity contribution in [3.05, 3.63) is 72.4 Å². The number of benzene rings is 2. The first kappa shape index (κ1) is 19.5. The van der Waals surface area contributed by atoms with Gasteiger partial charge in [-0.05, 0) is 31.3 Å². The Morgan fingerprint density at radius 3 is 2.50 bits per heavy atom. The number of hydrogen-bond donors (Lipinski definition) is 1. The van der Waals surface area contributed by atoms with E-state index in [0.29, 0.717) is 19.7 Å². The van der Waals surface area contributed by atoms with Crippen LogP contribution in [0.25, 0.3) is 10.9 Å². The molecule has 0 saturated heterocycles. The Morgan fingerprint density at radius 2 is 1.77 bits per heavy atom. The second-order valence-corrected chi connectivity index (χ2v) is 5.76. The van der Waals surface area contributed by atoms with Crippen molar-refractivity contribution in [2.45, 2.75) is 6.61 Å². The highest BCUT2D eigenvalue weighted by molar-refractivity contribution is 5.78. The van der Waals surface area contributed by atoms with Crippen LogP contribution in [-0.2, 0) is 6.61 Å². The molecule has 0 radical (unpaired) electrons. The molecule has 1 N–H and O–H groups in total. The fraction of sp³-hybridized carbons (Fsp3) is 0.227. The minimum absolute atomic E-state index is 0.179. The minimum atomic E-state index is 0.179. The predicted molar refractivity (Wildman–Crippen MR) is 106 cm³/mol. The van der Waals surface area contributed by atoms with Gasteiger partial charge in [0.1, 0.15) is 12.4 Å². The number of ether oxygens (including phenoxy) is 1. The molecule has 0 atom stereocenters. The molecule has 0 saturated carbocycles. The first-order valence-electron chi connectivity index (χ1n) is 8.48. The molecular weight excluding hydrogens is 324 g/mol. The van der Waals surface area contributed by atoms with E-state index in [0.717, 1.165) is 22.3 Å². The monoisotopic (exact) mass is 348 g/mol. The summed E-state index contributed by atoms with van der Waals surface area (Å²) in [7, 11) is 1.87. The molecule has 3 rings (SSSR count). The van der Waals surface area contributed by atoms with E-state index in [-0.39, 0.29) is 6.61 Å². The zero-order valence-electron chi connectivity index (χ0n) is 15.0. The van der Waals surface area contributed by atoms with E-state index in [4.69, 9.17) is 16.3 Å². The molecular formula is C22H24N2O2. The van der Waals surface area contributed by atoms with E-state index in [2.05, 4.69) is 23.0 Å². The van der Waals surface area contributed by atoms with Crippen LogP contribution in [0.2, 0.25) is 0 Å². The van der Waals surface area contributed by atoms with Gasteiger partial charge in [0.25, 0.3) is 0 Å². The first-order valence-corrected chi connectivity index (χ1v) is 8.48. The van der Waals surface area contributed by atoms with Crippen molar-refractivity contribution in [1.82, 2.24) is 9.88 Å². The predicted octanol–water partition coefficient (Wildman–Crippen LogP) is 3.36. The maximum Gasteiger partial charge on any atom is 0.130 e. The number of para-hydroxylation sites is 2. The van der Waals surface area contributed by atoms with E-state index in [1.54, 1.807) is 0 Å². The summed E-state index contributed by atoms with van der Waals surface area (Å²) in [5.41, 5.74) is 1.95. The van der Waals surface area contributed by atoms with Crippen LogP contribution in [-0.4, -0.2) is 41.7 Å². The fourth-order valence-corrected chi connectivity index (χ4v) is 2.27. The largest absolute Gasteiger partial charge is 0.487 e. The molecule has 1 heterocycles. The Bertz CT molecular complexity index is 828. The van der Waals surface area contributed by atoms with Crippen molar-refractivity contribution < 1.29 is 9.84 Å². The molecule has 2 aromatic carbocycles. The summed E-state index contributed by atoms with van der Waals surface area (Å²) in [5, 5.41) is 9.51. The summed E-state index contributed by atoms with van der Waals surface area (Å²) in [6, 6.07) is 22.0. The molecule has 0 aliphatic rings. The summed E-state index contributed by atoms with van der Waals surface area (Å²) in [6.45, 7) is 1.94. The topological polar surface area (TPSA) is 45.6 Å². The lowest BCUT2D eigenvalue weighted by molar-refractivity contribution is 0.234. The van der Waals surface area contributed by atoms with Crippen LogP contribution >= 0.6 is 0 Å². The number of aliphatic hydroxyl groups is 1. The van der Waals surface area contributed by atoms with E-state index < -0.39 is 0 Å². The molecule has 0 aliphatic heterocycles. The normalized spacial score (nSPS) is 10.1. The lowest BCUT2D eigenvalue weighted by Crippen LogP contribution is -2.21.